The summed E-state index contributed by atoms with van der Waals surface area (Å²) in [7, 11) is 0. The van der Waals surface area contributed by atoms with Crippen LogP contribution in [0.25, 0.3) is 22.3 Å². The summed E-state index contributed by atoms with van der Waals surface area (Å²) in [6, 6.07) is 27.0. The average Bonchev–Trinajstić information content (AvgIpc) is 2.70. The maximum atomic E-state index is 6.28. The Hall–Kier alpha value is -3.92. The molecule has 4 N–H and O–H groups in total. The third-order valence-corrected chi connectivity index (χ3v) is 4.88. The van der Waals surface area contributed by atoms with Crippen LogP contribution in [0.15, 0.2) is 84.9 Å². The minimum atomic E-state index is 0.566. The van der Waals surface area contributed by atoms with Crippen LogP contribution in [0.1, 0.15) is 0 Å². The molecule has 0 atom stereocenters. The Bertz CT molecular complexity index is 1200. The van der Waals surface area contributed by atoms with Gasteiger partial charge in [0.15, 0.2) is 23.0 Å². The van der Waals surface area contributed by atoms with Gasteiger partial charge in [0.1, 0.15) is 0 Å². The van der Waals surface area contributed by atoms with E-state index in [0.717, 1.165) is 16.7 Å². The molecule has 0 saturated heterocycles. The summed E-state index contributed by atoms with van der Waals surface area (Å²) in [5.41, 5.74) is 17.8. The lowest BCUT2D eigenvalue weighted by Gasteiger charge is -2.28. The lowest BCUT2D eigenvalue weighted by atomic mass is 9.80. The third-order valence-electron chi connectivity index (χ3n) is 4.88. The molecule has 4 aromatic carbocycles. The van der Waals surface area contributed by atoms with Gasteiger partial charge in [-0.25, -0.2) is 0 Å². The van der Waals surface area contributed by atoms with Crippen molar-refractivity contribution in [1.29, 1.82) is 0 Å². The Balaban J connectivity index is 1.65. The Labute approximate surface area is 163 Å². The van der Waals surface area contributed by atoms with E-state index in [1.165, 1.54) is 5.56 Å². The zero-order valence-corrected chi connectivity index (χ0v) is 15.1. The first-order valence-corrected chi connectivity index (χ1v) is 9.04. The van der Waals surface area contributed by atoms with Crippen molar-refractivity contribution in [2.24, 2.45) is 0 Å². The molecule has 0 aliphatic heterocycles. The molecule has 4 heteroatoms. The second-order valence-corrected chi connectivity index (χ2v) is 6.64. The molecule has 4 nitrogen and oxygen atoms in total. The number of nitrogens with two attached hydrogens (primary N) is 2. The van der Waals surface area contributed by atoms with Crippen LogP contribution in [0.3, 0.4) is 0 Å². The van der Waals surface area contributed by atoms with Gasteiger partial charge >= 0.3 is 0 Å². The average molecular weight is 366 g/mol. The lowest BCUT2D eigenvalue weighted by molar-refractivity contribution is 0.422. The molecule has 0 aromatic heterocycles. The predicted molar refractivity (Wildman–Crippen MR) is 113 cm³/mol. The first-order chi connectivity index (χ1) is 13.7. The summed E-state index contributed by atoms with van der Waals surface area (Å²) in [5.74, 6) is 2.40. The van der Waals surface area contributed by atoms with Gasteiger partial charge in [-0.05, 0) is 53.1 Å². The van der Waals surface area contributed by atoms with E-state index in [2.05, 4.69) is 12.1 Å². The van der Waals surface area contributed by atoms with Crippen LogP contribution in [0.5, 0.6) is 23.0 Å². The Morgan fingerprint density at radius 3 is 1.71 bits per heavy atom. The van der Waals surface area contributed by atoms with Gasteiger partial charge in [-0.1, -0.05) is 48.5 Å². The summed E-state index contributed by atoms with van der Waals surface area (Å²) in [6.07, 6.45) is 0. The van der Waals surface area contributed by atoms with Crippen LogP contribution >= 0.6 is 0 Å². The largest absolute Gasteiger partial charge is 0.451 e. The van der Waals surface area contributed by atoms with Crippen LogP contribution < -0.4 is 20.9 Å². The maximum Gasteiger partial charge on any atom is 0.178 e. The number of anilines is 2. The SMILES string of the molecule is Nc1ccccc1Oc1ccc2c(c1Oc1ccccc1N)-c1ccccc1-2. The molecule has 0 radical (unpaired) electrons. The Kier molecular flexibility index (Phi) is 3.69. The van der Waals surface area contributed by atoms with Gasteiger partial charge in [0.25, 0.3) is 0 Å². The fourth-order valence-electron chi connectivity index (χ4n) is 3.49. The fraction of sp³-hybridized carbons (Fsp3) is 0. The molecule has 1 aliphatic carbocycles. The number of fused-ring (bicyclic) bond motifs is 4. The van der Waals surface area contributed by atoms with E-state index in [1.54, 1.807) is 0 Å². The summed E-state index contributed by atoms with van der Waals surface area (Å²) >= 11 is 0. The molecule has 0 heterocycles. The number of hydrogen-bond acceptors (Lipinski definition) is 4. The number of nitrogen functional groups attached to an aromatic ring is 2. The first-order valence-electron chi connectivity index (χ1n) is 9.04. The summed E-state index contributed by atoms with van der Waals surface area (Å²) in [5, 5.41) is 0. The molecule has 1 aliphatic rings. The third kappa shape index (κ3) is 2.55. The van der Waals surface area contributed by atoms with Crippen molar-refractivity contribution in [3.05, 3.63) is 84.9 Å². The molecule has 0 bridgehead atoms. The van der Waals surface area contributed by atoms with Gasteiger partial charge in [0.05, 0.1) is 11.4 Å². The second-order valence-electron chi connectivity index (χ2n) is 6.64. The molecule has 5 rings (SSSR count). The number of benzene rings is 4. The van der Waals surface area contributed by atoms with Gasteiger partial charge in [0, 0.05) is 5.56 Å². The Morgan fingerprint density at radius 2 is 1.04 bits per heavy atom. The summed E-state index contributed by atoms with van der Waals surface area (Å²) in [6.45, 7) is 0. The highest BCUT2D eigenvalue weighted by Crippen LogP contribution is 2.56. The monoisotopic (exact) mass is 366 g/mol. The van der Waals surface area contributed by atoms with Crippen LogP contribution in [-0.4, -0.2) is 0 Å². The lowest BCUT2D eigenvalue weighted by Crippen LogP contribution is -2.04. The van der Waals surface area contributed by atoms with Crippen LogP contribution in [0, 0.1) is 0 Å². The van der Waals surface area contributed by atoms with Gasteiger partial charge in [-0.3, -0.25) is 0 Å². The van der Waals surface area contributed by atoms with Gasteiger partial charge < -0.3 is 20.9 Å². The molecule has 0 saturated carbocycles. The minimum Gasteiger partial charge on any atom is -0.451 e. The highest BCUT2D eigenvalue weighted by atomic mass is 16.5. The molecular formula is C24H18N2O2. The van der Waals surface area contributed by atoms with E-state index >= 15 is 0 Å². The van der Waals surface area contributed by atoms with Crippen molar-refractivity contribution >= 4 is 11.4 Å². The normalized spacial score (nSPS) is 11.1. The van der Waals surface area contributed by atoms with E-state index in [1.807, 2.05) is 72.8 Å². The van der Waals surface area contributed by atoms with Crippen molar-refractivity contribution < 1.29 is 9.47 Å². The summed E-state index contributed by atoms with van der Waals surface area (Å²) < 4.78 is 12.4. The van der Waals surface area contributed by atoms with Crippen LogP contribution in [0.2, 0.25) is 0 Å². The quantitative estimate of drug-likeness (QED) is 0.378. The molecular weight excluding hydrogens is 348 g/mol. The summed E-state index contributed by atoms with van der Waals surface area (Å²) in [4.78, 5) is 0. The fourth-order valence-corrected chi connectivity index (χ4v) is 3.49. The molecule has 28 heavy (non-hydrogen) atoms. The van der Waals surface area contributed by atoms with Crippen LogP contribution in [0.4, 0.5) is 11.4 Å². The number of ether oxygens (including phenoxy) is 2. The van der Waals surface area contributed by atoms with Crippen molar-refractivity contribution in [3.63, 3.8) is 0 Å². The molecule has 0 amide bonds. The van der Waals surface area contributed by atoms with E-state index in [-0.39, 0.29) is 0 Å². The zero-order chi connectivity index (χ0) is 19.1. The number of rotatable bonds is 4. The molecule has 4 aromatic rings. The molecule has 136 valence electrons. The minimum absolute atomic E-state index is 0.566. The van der Waals surface area contributed by atoms with E-state index in [0.29, 0.717) is 34.4 Å². The first kappa shape index (κ1) is 16.3. The molecule has 0 fully saturated rings. The van der Waals surface area contributed by atoms with Gasteiger partial charge in [-0.2, -0.15) is 0 Å². The number of para-hydroxylation sites is 4. The van der Waals surface area contributed by atoms with E-state index in [4.69, 9.17) is 20.9 Å². The van der Waals surface area contributed by atoms with Crippen LogP contribution in [-0.2, 0) is 0 Å². The Morgan fingerprint density at radius 1 is 0.464 bits per heavy atom. The predicted octanol–water partition coefficient (Wildman–Crippen LogP) is 6.08. The van der Waals surface area contributed by atoms with Crippen molar-refractivity contribution in [3.8, 4) is 45.3 Å². The standard InChI is InChI=1S/C24H18N2O2/c25-18-9-3-5-11-20(18)27-22-14-13-17-15-7-1-2-8-16(15)23(17)24(22)28-21-12-6-4-10-19(21)26/h1-14H,25-26H2. The molecule has 0 unspecified atom stereocenters. The smallest absolute Gasteiger partial charge is 0.178 e. The van der Waals surface area contributed by atoms with E-state index < -0.39 is 0 Å². The topological polar surface area (TPSA) is 70.5 Å². The van der Waals surface area contributed by atoms with Crippen molar-refractivity contribution in [1.82, 2.24) is 0 Å². The van der Waals surface area contributed by atoms with Gasteiger partial charge in [0.2, 0.25) is 0 Å². The highest BCUT2D eigenvalue weighted by Gasteiger charge is 2.29. The van der Waals surface area contributed by atoms with E-state index in [9.17, 15) is 0 Å². The maximum absolute atomic E-state index is 6.28. The van der Waals surface area contributed by atoms with Crippen molar-refractivity contribution in [2.45, 2.75) is 0 Å². The highest BCUT2D eigenvalue weighted by molar-refractivity contribution is 6.06. The van der Waals surface area contributed by atoms with Crippen molar-refractivity contribution in [2.75, 3.05) is 11.5 Å². The second kappa shape index (κ2) is 6.35. The zero-order valence-electron chi connectivity index (χ0n) is 15.1. The molecule has 0 spiro atoms. The number of hydrogen-bond donors (Lipinski definition) is 2. The van der Waals surface area contributed by atoms with Gasteiger partial charge in [-0.15, -0.1) is 0 Å².